The number of nitrogens with zero attached hydrogens (tertiary/aromatic N) is 5. The Morgan fingerprint density at radius 1 is 1.56 bits per heavy atom. The third-order valence-electron chi connectivity index (χ3n) is 1.96. The van der Waals surface area contributed by atoms with Crippen LogP contribution in [-0.4, -0.2) is 19.7 Å². The van der Waals surface area contributed by atoms with Gasteiger partial charge in [0.1, 0.15) is 11.8 Å². The number of pyridine rings is 1. The maximum atomic E-state index is 8.88. The fourth-order valence-corrected chi connectivity index (χ4v) is 1.65. The number of rotatable bonds is 2. The van der Waals surface area contributed by atoms with E-state index in [1.165, 1.54) is 0 Å². The van der Waals surface area contributed by atoms with E-state index in [1.807, 2.05) is 12.1 Å². The van der Waals surface area contributed by atoms with Gasteiger partial charge >= 0.3 is 0 Å². The molecule has 0 unspecified atom stereocenters. The van der Waals surface area contributed by atoms with Gasteiger partial charge in [0, 0.05) is 11.8 Å². The summed E-state index contributed by atoms with van der Waals surface area (Å²) in [5.41, 5.74) is 6.60. The molecule has 7 heteroatoms. The van der Waals surface area contributed by atoms with E-state index in [9.17, 15) is 0 Å². The van der Waals surface area contributed by atoms with Gasteiger partial charge in [-0.1, -0.05) is 6.07 Å². The van der Waals surface area contributed by atoms with Crippen molar-refractivity contribution in [1.29, 1.82) is 5.26 Å². The van der Waals surface area contributed by atoms with Crippen LogP contribution in [0.4, 0.5) is 5.95 Å². The molecule has 2 aromatic heterocycles. The minimum Gasteiger partial charge on any atom is -0.366 e. The molecule has 2 N–H and O–H groups in total. The van der Waals surface area contributed by atoms with Crippen molar-refractivity contribution in [2.45, 2.75) is 6.54 Å². The second kappa shape index (κ2) is 4.28. The Balaban J connectivity index is 2.34. The van der Waals surface area contributed by atoms with E-state index < -0.39 is 0 Å². The minimum atomic E-state index is 0.189. The van der Waals surface area contributed by atoms with Gasteiger partial charge in [-0.25, -0.2) is 9.67 Å². The summed E-state index contributed by atoms with van der Waals surface area (Å²) in [5, 5.41) is 12.9. The lowest BCUT2D eigenvalue weighted by molar-refractivity contribution is 0.667. The number of nitrogens with two attached hydrogens (primary N) is 1. The maximum absolute atomic E-state index is 8.88. The summed E-state index contributed by atoms with van der Waals surface area (Å²) in [5.74, 6) is 0.189. The average Bonchev–Trinajstić information content (AvgIpc) is 2.58. The Labute approximate surface area is 99.9 Å². The molecule has 0 aliphatic carbocycles. The maximum Gasteiger partial charge on any atom is 0.240 e. The molecule has 0 spiro atoms. The van der Waals surface area contributed by atoms with E-state index in [0.717, 1.165) is 5.56 Å². The van der Waals surface area contributed by atoms with Crippen molar-refractivity contribution in [3.63, 3.8) is 0 Å². The van der Waals surface area contributed by atoms with Gasteiger partial charge in [0.05, 0.1) is 6.54 Å². The van der Waals surface area contributed by atoms with Gasteiger partial charge in [0.15, 0.2) is 4.73 Å². The average molecular weight is 279 g/mol. The molecule has 0 saturated carbocycles. The molecule has 0 amide bonds. The molecule has 0 atom stereocenters. The minimum absolute atomic E-state index is 0.189. The van der Waals surface area contributed by atoms with E-state index in [-0.39, 0.29) is 5.95 Å². The van der Waals surface area contributed by atoms with Crippen molar-refractivity contribution in [2.24, 2.45) is 0 Å². The predicted molar refractivity (Wildman–Crippen MR) is 60.2 cm³/mol. The first kappa shape index (κ1) is 10.6. The van der Waals surface area contributed by atoms with Crippen LogP contribution in [0.5, 0.6) is 0 Å². The van der Waals surface area contributed by atoms with Gasteiger partial charge in [-0.05, 0) is 22.0 Å². The molecule has 80 valence electrons. The highest BCUT2D eigenvalue weighted by Crippen LogP contribution is 2.12. The number of hydrogen-bond donors (Lipinski definition) is 1. The molecule has 0 aliphatic heterocycles. The van der Waals surface area contributed by atoms with Crippen molar-refractivity contribution in [2.75, 3.05) is 5.73 Å². The third-order valence-corrected chi connectivity index (χ3v) is 2.55. The zero-order chi connectivity index (χ0) is 11.5. The van der Waals surface area contributed by atoms with Crippen LogP contribution in [0, 0.1) is 11.3 Å². The fourth-order valence-electron chi connectivity index (χ4n) is 1.27. The largest absolute Gasteiger partial charge is 0.366 e. The summed E-state index contributed by atoms with van der Waals surface area (Å²) in [4.78, 5) is 7.87. The van der Waals surface area contributed by atoms with E-state index in [4.69, 9.17) is 11.0 Å². The Bertz CT molecular complexity index is 555. The van der Waals surface area contributed by atoms with Crippen LogP contribution in [0.3, 0.4) is 0 Å². The van der Waals surface area contributed by atoms with Crippen molar-refractivity contribution in [3.05, 3.63) is 34.3 Å². The lowest BCUT2D eigenvalue weighted by Crippen LogP contribution is -2.05. The third kappa shape index (κ3) is 2.01. The first-order chi connectivity index (χ1) is 7.70. The summed E-state index contributed by atoms with van der Waals surface area (Å²) in [7, 11) is 0. The van der Waals surface area contributed by atoms with Gasteiger partial charge < -0.3 is 5.73 Å². The van der Waals surface area contributed by atoms with Gasteiger partial charge in [0.25, 0.3) is 0 Å². The monoisotopic (exact) mass is 278 g/mol. The number of nitriles is 1. The molecule has 16 heavy (non-hydrogen) atoms. The van der Waals surface area contributed by atoms with E-state index in [1.54, 1.807) is 16.9 Å². The highest BCUT2D eigenvalue weighted by Gasteiger charge is 2.08. The molecular weight excluding hydrogens is 272 g/mol. The predicted octanol–water partition coefficient (Wildman–Crippen LogP) is 0.938. The molecule has 6 nitrogen and oxygen atoms in total. The molecular formula is C9H7BrN6. The second-order valence-corrected chi connectivity index (χ2v) is 3.73. The molecule has 0 saturated heterocycles. The smallest absolute Gasteiger partial charge is 0.240 e. The van der Waals surface area contributed by atoms with E-state index >= 15 is 0 Å². The zero-order valence-corrected chi connectivity index (χ0v) is 9.72. The normalized spacial score (nSPS) is 10.0. The van der Waals surface area contributed by atoms with Gasteiger partial charge in [-0.3, -0.25) is 0 Å². The number of halogens is 1. The van der Waals surface area contributed by atoms with Gasteiger partial charge in [-0.15, -0.1) is 5.10 Å². The SMILES string of the molecule is N#Cc1ncccc1Cn1nc(N)nc1Br. The number of anilines is 1. The Kier molecular flexibility index (Phi) is 2.83. The fraction of sp³-hybridized carbons (Fsp3) is 0.111. The lowest BCUT2D eigenvalue weighted by atomic mass is 10.2. The summed E-state index contributed by atoms with van der Waals surface area (Å²) >= 11 is 3.23. The Hall–Kier alpha value is -1.94. The quantitative estimate of drug-likeness (QED) is 0.882. The van der Waals surface area contributed by atoms with Crippen LogP contribution in [0.25, 0.3) is 0 Å². The van der Waals surface area contributed by atoms with Crippen LogP contribution >= 0.6 is 15.9 Å². The summed E-state index contributed by atoms with van der Waals surface area (Å²) in [6.45, 7) is 0.404. The van der Waals surface area contributed by atoms with Crippen molar-refractivity contribution < 1.29 is 0 Å². The van der Waals surface area contributed by atoms with Gasteiger partial charge in [0.2, 0.25) is 5.95 Å². The summed E-state index contributed by atoms with van der Waals surface area (Å²) < 4.78 is 2.09. The summed E-state index contributed by atoms with van der Waals surface area (Å²) in [6.07, 6.45) is 1.58. The molecule has 0 radical (unpaired) electrons. The molecule has 0 aromatic carbocycles. The van der Waals surface area contributed by atoms with E-state index in [0.29, 0.717) is 17.0 Å². The molecule has 0 bridgehead atoms. The number of hydrogen-bond acceptors (Lipinski definition) is 5. The highest BCUT2D eigenvalue weighted by atomic mass is 79.9. The Morgan fingerprint density at radius 3 is 3.00 bits per heavy atom. The van der Waals surface area contributed by atoms with Crippen molar-refractivity contribution >= 4 is 21.9 Å². The first-order valence-electron chi connectivity index (χ1n) is 4.40. The standard InChI is InChI=1S/C9H7BrN6/c10-8-14-9(12)15-16(8)5-6-2-1-3-13-7(6)4-11/h1-3H,5H2,(H2,12,15). The second-order valence-electron chi connectivity index (χ2n) is 3.02. The van der Waals surface area contributed by atoms with Crippen molar-refractivity contribution in [1.82, 2.24) is 19.7 Å². The molecule has 2 heterocycles. The van der Waals surface area contributed by atoms with Crippen LogP contribution in [0.15, 0.2) is 23.1 Å². The topological polar surface area (TPSA) is 93.4 Å². The zero-order valence-electron chi connectivity index (χ0n) is 8.13. The highest BCUT2D eigenvalue weighted by molar-refractivity contribution is 9.10. The first-order valence-corrected chi connectivity index (χ1v) is 5.20. The molecule has 2 rings (SSSR count). The van der Waals surface area contributed by atoms with Crippen LogP contribution in [0.1, 0.15) is 11.3 Å². The molecule has 0 aliphatic rings. The summed E-state index contributed by atoms with van der Waals surface area (Å²) in [6, 6.07) is 5.61. The van der Waals surface area contributed by atoms with Crippen LogP contribution < -0.4 is 5.73 Å². The Morgan fingerprint density at radius 2 is 2.38 bits per heavy atom. The van der Waals surface area contributed by atoms with E-state index in [2.05, 4.69) is 31.0 Å². The van der Waals surface area contributed by atoms with Crippen molar-refractivity contribution in [3.8, 4) is 6.07 Å². The molecule has 2 aromatic rings. The van der Waals surface area contributed by atoms with Gasteiger partial charge in [-0.2, -0.15) is 10.2 Å². The lowest BCUT2D eigenvalue weighted by Gasteiger charge is -2.03. The van der Waals surface area contributed by atoms with Crippen LogP contribution in [-0.2, 0) is 6.54 Å². The number of nitrogen functional groups attached to an aromatic ring is 1. The van der Waals surface area contributed by atoms with Crippen LogP contribution in [0.2, 0.25) is 0 Å². The molecule has 0 fully saturated rings. The number of aromatic nitrogens is 4.